The maximum atomic E-state index is 2.66. The van der Waals surface area contributed by atoms with E-state index >= 15 is 0 Å². The lowest BCUT2D eigenvalue weighted by molar-refractivity contribution is 0.151. The van der Waals surface area contributed by atoms with E-state index < -0.39 is 0 Å². The number of likely N-dealkylation sites (tertiary alicyclic amines) is 1. The summed E-state index contributed by atoms with van der Waals surface area (Å²) in [6.07, 6.45) is 6.47. The van der Waals surface area contributed by atoms with Gasteiger partial charge in [-0.25, -0.2) is 0 Å². The molecule has 15 heavy (non-hydrogen) atoms. The molecule has 2 heterocycles. The molecule has 0 aromatic rings. The molecule has 3 heteroatoms. The summed E-state index contributed by atoms with van der Waals surface area (Å²) in [5, 5.41) is 0. The van der Waals surface area contributed by atoms with E-state index in [1.54, 1.807) is 0 Å². The van der Waals surface area contributed by atoms with E-state index in [0.29, 0.717) is 5.41 Å². The van der Waals surface area contributed by atoms with Crippen molar-refractivity contribution in [3.8, 4) is 0 Å². The van der Waals surface area contributed by atoms with Crippen LogP contribution in [0.4, 0.5) is 0 Å². The van der Waals surface area contributed by atoms with Gasteiger partial charge in [0, 0.05) is 25.7 Å². The minimum atomic E-state index is 0.677. The van der Waals surface area contributed by atoms with Gasteiger partial charge in [0.2, 0.25) is 0 Å². The van der Waals surface area contributed by atoms with Crippen LogP contribution in [0.1, 0.15) is 33.1 Å². The van der Waals surface area contributed by atoms with E-state index in [2.05, 4.69) is 29.3 Å². The number of piperidine rings is 1. The molecule has 0 saturated carbocycles. The fraction of sp³-hybridized carbons (Fsp3) is 1.00. The molecule has 0 radical (unpaired) electrons. The second kappa shape index (κ2) is 4.64. The number of rotatable bonds is 2. The monoisotopic (exact) mass is 228 g/mol. The quantitative estimate of drug-likeness (QED) is 0.670. The van der Waals surface area contributed by atoms with Gasteiger partial charge in [-0.3, -0.25) is 4.31 Å². The Kier molecular flexibility index (Phi) is 3.63. The van der Waals surface area contributed by atoms with Crippen molar-refractivity contribution in [3.63, 3.8) is 0 Å². The van der Waals surface area contributed by atoms with Crippen LogP contribution in [0.2, 0.25) is 0 Å². The topological polar surface area (TPSA) is 6.48 Å². The van der Waals surface area contributed by atoms with Gasteiger partial charge < -0.3 is 4.90 Å². The van der Waals surface area contributed by atoms with Gasteiger partial charge in [-0.2, -0.15) is 0 Å². The maximum Gasteiger partial charge on any atom is 0.00950 e. The lowest BCUT2D eigenvalue weighted by atomic mass is 9.78. The molecule has 2 aliphatic heterocycles. The fourth-order valence-electron chi connectivity index (χ4n) is 2.96. The summed E-state index contributed by atoms with van der Waals surface area (Å²) in [7, 11) is 0. The first-order chi connectivity index (χ1) is 7.15. The zero-order valence-electron chi connectivity index (χ0n) is 10.3. The number of hydrogen-bond acceptors (Lipinski definition) is 3. The van der Waals surface area contributed by atoms with Gasteiger partial charge in [-0.05, 0) is 51.3 Å². The van der Waals surface area contributed by atoms with E-state index in [9.17, 15) is 0 Å². The van der Waals surface area contributed by atoms with Crippen LogP contribution < -0.4 is 0 Å². The third kappa shape index (κ3) is 2.51. The molecule has 0 aromatic carbocycles. The molecule has 2 nitrogen and oxygen atoms in total. The first kappa shape index (κ1) is 11.7. The van der Waals surface area contributed by atoms with Crippen molar-refractivity contribution in [1.82, 2.24) is 9.21 Å². The average Bonchev–Trinajstić information content (AvgIpc) is 2.64. The second-order valence-electron chi connectivity index (χ2n) is 5.43. The van der Waals surface area contributed by atoms with Gasteiger partial charge in [0.15, 0.2) is 0 Å². The van der Waals surface area contributed by atoms with Gasteiger partial charge in [-0.15, -0.1) is 0 Å². The Morgan fingerprint density at radius 2 is 1.67 bits per heavy atom. The third-order valence-electron chi connectivity index (χ3n) is 4.24. The Morgan fingerprint density at radius 1 is 1.07 bits per heavy atom. The fourth-order valence-corrected chi connectivity index (χ4v) is 3.51. The highest BCUT2D eigenvalue weighted by Gasteiger charge is 2.40. The number of nitrogens with zero attached hydrogens (tertiary/aromatic N) is 2. The molecular weight excluding hydrogens is 204 g/mol. The zero-order chi connectivity index (χ0) is 10.9. The Balaban J connectivity index is 1.89. The van der Waals surface area contributed by atoms with Crippen LogP contribution in [0.25, 0.3) is 0 Å². The highest BCUT2D eigenvalue weighted by molar-refractivity contribution is 7.96. The van der Waals surface area contributed by atoms with Crippen molar-refractivity contribution in [2.45, 2.75) is 39.2 Å². The Morgan fingerprint density at radius 3 is 2.13 bits per heavy atom. The minimum Gasteiger partial charge on any atom is -0.300 e. The summed E-state index contributed by atoms with van der Waals surface area (Å²) in [6.45, 7) is 9.94. The van der Waals surface area contributed by atoms with Crippen LogP contribution in [0.3, 0.4) is 0 Å². The smallest absolute Gasteiger partial charge is 0.00950 e. The summed E-state index contributed by atoms with van der Waals surface area (Å²) in [6, 6.07) is 0.739. The van der Waals surface area contributed by atoms with E-state index in [0.717, 1.165) is 6.04 Å². The highest BCUT2D eigenvalue weighted by Crippen LogP contribution is 2.41. The Labute approximate surface area is 98.5 Å². The van der Waals surface area contributed by atoms with Gasteiger partial charge in [0.25, 0.3) is 0 Å². The lowest BCUT2D eigenvalue weighted by Crippen LogP contribution is -2.39. The van der Waals surface area contributed by atoms with Crippen molar-refractivity contribution in [2.75, 3.05) is 32.4 Å². The van der Waals surface area contributed by atoms with Crippen molar-refractivity contribution in [1.29, 1.82) is 0 Å². The molecule has 0 unspecified atom stereocenters. The molecule has 2 fully saturated rings. The van der Waals surface area contributed by atoms with Gasteiger partial charge in [0.1, 0.15) is 0 Å². The first-order valence-corrected chi connectivity index (χ1v) is 7.36. The molecule has 0 aromatic heterocycles. The predicted molar refractivity (Wildman–Crippen MR) is 68.1 cm³/mol. The second-order valence-corrected chi connectivity index (χ2v) is 6.31. The first-order valence-electron chi connectivity index (χ1n) is 6.18. The molecule has 0 aliphatic carbocycles. The largest absolute Gasteiger partial charge is 0.300 e. The molecule has 1 spiro atoms. The molecule has 2 saturated heterocycles. The molecule has 88 valence electrons. The van der Waals surface area contributed by atoms with E-state index in [1.807, 2.05) is 11.9 Å². The van der Waals surface area contributed by atoms with Crippen molar-refractivity contribution in [2.24, 2.45) is 5.41 Å². The summed E-state index contributed by atoms with van der Waals surface area (Å²) in [5.41, 5.74) is 0.677. The maximum absolute atomic E-state index is 2.66. The lowest BCUT2D eigenvalue weighted by Gasteiger charge is -2.38. The molecule has 0 atom stereocenters. The molecule has 2 aliphatic rings. The Hall–Kier alpha value is 0.270. The van der Waals surface area contributed by atoms with Gasteiger partial charge in [-0.1, -0.05) is 11.9 Å². The molecule has 0 amide bonds. The third-order valence-corrected chi connectivity index (χ3v) is 5.12. The van der Waals surface area contributed by atoms with Crippen LogP contribution in [0.15, 0.2) is 0 Å². The molecular formula is C12H24N2S. The van der Waals surface area contributed by atoms with Crippen LogP contribution >= 0.6 is 11.9 Å². The normalized spacial score (nSPS) is 28.0. The van der Waals surface area contributed by atoms with Gasteiger partial charge in [0.05, 0.1) is 0 Å². The molecule has 0 bridgehead atoms. The summed E-state index contributed by atoms with van der Waals surface area (Å²) >= 11 is 1.91. The SMILES string of the molecule is CSN1CCC2(CC1)CCN(C(C)C)C2. The van der Waals surface area contributed by atoms with E-state index in [4.69, 9.17) is 0 Å². The van der Waals surface area contributed by atoms with Crippen LogP contribution in [0.5, 0.6) is 0 Å². The summed E-state index contributed by atoms with van der Waals surface area (Å²) < 4.78 is 2.52. The Bertz CT molecular complexity index is 210. The standard InChI is InChI=1S/C12H24N2S/c1-11(2)13-7-4-12(10-13)5-8-14(15-3)9-6-12/h11H,4-10H2,1-3H3. The zero-order valence-corrected chi connectivity index (χ0v) is 11.1. The van der Waals surface area contributed by atoms with Crippen LogP contribution in [0, 0.1) is 5.41 Å². The average molecular weight is 228 g/mol. The van der Waals surface area contributed by atoms with Crippen molar-refractivity contribution >= 4 is 11.9 Å². The van der Waals surface area contributed by atoms with Gasteiger partial charge >= 0.3 is 0 Å². The number of hydrogen-bond donors (Lipinski definition) is 0. The molecule has 0 N–H and O–H groups in total. The predicted octanol–water partition coefficient (Wildman–Crippen LogP) is 2.46. The van der Waals surface area contributed by atoms with Crippen LogP contribution in [-0.4, -0.2) is 47.7 Å². The van der Waals surface area contributed by atoms with E-state index in [1.165, 1.54) is 45.4 Å². The highest BCUT2D eigenvalue weighted by atomic mass is 32.2. The molecule has 2 rings (SSSR count). The van der Waals surface area contributed by atoms with E-state index in [-0.39, 0.29) is 0 Å². The summed E-state index contributed by atoms with van der Waals surface area (Å²) in [5.74, 6) is 0. The van der Waals surface area contributed by atoms with Crippen molar-refractivity contribution < 1.29 is 0 Å². The van der Waals surface area contributed by atoms with Crippen molar-refractivity contribution in [3.05, 3.63) is 0 Å². The summed E-state index contributed by atoms with van der Waals surface area (Å²) in [4.78, 5) is 2.66. The van der Waals surface area contributed by atoms with Crippen LogP contribution in [-0.2, 0) is 0 Å². The minimum absolute atomic E-state index is 0.677.